The number of nitrogens with zero attached hydrogens (tertiary/aromatic N) is 2. The van der Waals surface area contributed by atoms with Crippen molar-refractivity contribution in [3.8, 4) is 0 Å². The van der Waals surface area contributed by atoms with Crippen LogP contribution in [0.3, 0.4) is 0 Å². The molecule has 0 aliphatic carbocycles. The molecule has 0 atom stereocenters. The maximum absolute atomic E-state index is 10.9. The molecular formula is C13H18ClN3O4. The number of pyridine rings is 1. The quantitative estimate of drug-likeness (QED) is 0.563. The molecule has 0 unspecified atom stereocenters. The van der Waals surface area contributed by atoms with Gasteiger partial charge >= 0.3 is 11.7 Å². The lowest BCUT2D eigenvalue weighted by Gasteiger charge is -2.23. The van der Waals surface area contributed by atoms with Gasteiger partial charge in [0, 0.05) is 25.2 Å². The van der Waals surface area contributed by atoms with Gasteiger partial charge < -0.3 is 10.4 Å². The van der Waals surface area contributed by atoms with Crippen LogP contribution in [0.4, 0.5) is 11.5 Å². The lowest BCUT2D eigenvalue weighted by Crippen LogP contribution is -2.19. The summed E-state index contributed by atoms with van der Waals surface area (Å²) in [7, 11) is 0. The Kier molecular flexibility index (Phi) is 5.90. The van der Waals surface area contributed by atoms with E-state index >= 15 is 0 Å². The van der Waals surface area contributed by atoms with E-state index in [1.807, 2.05) is 13.8 Å². The van der Waals surface area contributed by atoms with Crippen LogP contribution in [0.1, 0.15) is 33.1 Å². The molecule has 0 amide bonds. The van der Waals surface area contributed by atoms with Gasteiger partial charge in [-0.05, 0) is 18.3 Å². The molecule has 1 rings (SSSR count). The second kappa shape index (κ2) is 7.21. The molecule has 7 nitrogen and oxygen atoms in total. The fraction of sp³-hybridized carbons (Fsp3) is 0.538. The van der Waals surface area contributed by atoms with Crippen molar-refractivity contribution in [2.24, 2.45) is 5.41 Å². The number of anilines is 1. The molecule has 0 fully saturated rings. The molecule has 0 saturated carbocycles. The zero-order valence-electron chi connectivity index (χ0n) is 11.9. The largest absolute Gasteiger partial charge is 0.481 e. The highest BCUT2D eigenvalue weighted by molar-refractivity contribution is 6.30. The highest BCUT2D eigenvalue weighted by Gasteiger charge is 2.20. The maximum atomic E-state index is 10.9. The fourth-order valence-electron chi connectivity index (χ4n) is 1.79. The van der Waals surface area contributed by atoms with Crippen LogP contribution in [0.2, 0.25) is 5.02 Å². The molecule has 0 radical (unpaired) electrons. The zero-order chi connectivity index (χ0) is 16.0. The predicted octanol–water partition coefficient (Wildman–Crippen LogP) is 3.34. The van der Waals surface area contributed by atoms with Gasteiger partial charge in [-0.3, -0.25) is 14.9 Å². The van der Waals surface area contributed by atoms with Gasteiger partial charge in [0.1, 0.15) is 0 Å². The smallest absolute Gasteiger partial charge is 0.312 e. The third-order valence-electron chi connectivity index (χ3n) is 3.14. The van der Waals surface area contributed by atoms with Crippen molar-refractivity contribution >= 4 is 29.1 Å². The van der Waals surface area contributed by atoms with Gasteiger partial charge in [0.05, 0.1) is 9.95 Å². The fourth-order valence-corrected chi connectivity index (χ4v) is 1.95. The first-order valence-electron chi connectivity index (χ1n) is 6.47. The standard InChI is InChI=1S/C13H18ClN3O4/c1-13(2,4-3-11(18)19)5-6-15-12-10(17(20)21)7-9(14)8-16-12/h7-8H,3-6H2,1-2H3,(H,15,16)(H,18,19). The second-order valence-corrected chi connectivity index (χ2v) is 5.95. The number of aromatic nitrogens is 1. The van der Waals surface area contributed by atoms with Crippen molar-refractivity contribution in [1.82, 2.24) is 4.98 Å². The minimum absolute atomic E-state index is 0.104. The molecular weight excluding hydrogens is 298 g/mol. The van der Waals surface area contributed by atoms with Crippen molar-refractivity contribution in [2.45, 2.75) is 33.1 Å². The Morgan fingerprint density at radius 1 is 1.52 bits per heavy atom. The molecule has 116 valence electrons. The van der Waals surface area contributed by atoms with E-state index in [2.05, 4.69) is 10.3 Å². The lowest BCUT2D eigenvalue weighted by atomic mass is 9.84. The van der Waals surface area contributed by atoms with Crippen molar-refractivity contribution in [3.63, 3.8) is 0 Å². The third kappa shape index (κ3) is 5.95. The number of carbonyl (C=O) groups is 1. The van der Waals surface area contributed by atoms with E-state index in [1.54, 1.807) is 0 Å². The molecule has 1 aromatic heterocycles. The summed E-state index contributed by atoms with van der Waals surface area (Å²) in [5.74, 6) is -0.663. The summed E-state index contributed by atoms with van der Waals surface area (Å²) in [6.07, 6.45) is 2.65. The summed E-state index contributed by atoms with van der Waals surface area (Å²) in [6.45, 7) is 4.38. The minimum Gasteiger partial charge on any atom is -0.481 e. The second-order valence-electron chi connectivity index (χ2n) is 5.51. The Hall–Kier alpha value is -1.89. The number of nitro groups is 1. The number of nitrogens with one attached hydrogen (secondary N) is 1. The van der Waals surface area contributed by atoms with Crippen LogP contribution in [-0.2, 0) is 4.79 Å². The molecule has 2 N–H and O–H groups in total. The summed E-state index contributed by atoms with van der Waals surface area (Å²) >= 11 is 5.69. The first kappa shape index (κ1) is 17.2. The van der Waals surface area contributed by atoms with Crippen LogP contribution in [-0.4, -0.2) is 27.5 Å². The summed E-state index contributed by atoms with van der Waals surface area (Å²) in [5, 5.41) is 22.7. The maximum Gasteiger partial charge on any atom is 0.312 e. The summed E-state index contributed by atoms with van der Waals surface area (Å²) in [5.41, 5.74) is -0.349. The number of halogens is 1. The first-order valence-corrected chi connectivity index (χ1v) is 6.85. The molecule has 21 heavy (non-hydrogen) atoms. The van der Waals surface area contributed by atoms with Crippen molar-refractivity contribution in [3.05, 3.63) is 27.4 Å². The van der Waals surface area contributed by atoms with Crippen LogP contribution in [0.15, 0.2) is 12.3 Å². The highest BCUT2D eigenvalue weighted by atomic mass is 35.5. The van der Waals surface area contributed by atoms with E-state index in [0.717, 1.165) is 0 Å². The monoisotopic (exact) mass is 315 g/mol. The number of hydrogen-bond acceptors (Lipinski definition) is 5. The van der Waals surface area contributed by atoms with Crippen molar-refractivity contribution in [1.29, 1.82) is 0 Å². The topological polar surface area (TPSA) is 105 Å². The number of carboxylic acids is 1. The average molecular weight is 316 g/mol. The Morgan fingerprint density at radius 3 is 2.76 bits per heavy atom. The van der Waals surface area contributed by atoms with Gasteiger partial charge in [0.25, 0.3) is 0 Å². The Labute approximate surface area is 127 Å². The van der Waals surface area contributed by atoms with E-state index in [-0.39, 0.29) is 28.4 Å². The molecule has 0 spiro atoms. The zero-order valence-corrected chi connectivity index (χ0v) is 12.7. The van der Waals surface area contributed by atoms with Gasteiger partial charge in [0.2, 0.25) is 5.82 Å². The van der Waals surface area contributed by atoms with E-state index < -0.39 is 10.9 Å². The number of aliphatic carboxylic acids is 1. The molecule has 0 aromatic carbocycles. The van der Waals surface area contributed by atoms with Gasteiger partial charge in [0.15, 0.2) is 0 Å². The summed E-state index contributed by atoms with van der Waals surface area (Å²) in [6, 6.07) is 1.24. The minimum atomic E-state index is -0.828. The van der Waals surface area contributed by atoms with Crippen LogP contribution >= 0.6 is 11.6 Å². The predicted molar refractivity (Wildman–Crippen MR) is 79.7 cm³/mol. The molecule has 0 aliphatic rings. The van der Waals surface area contributed by atoms with Crippen LogP contribution in [0.25, 0.3) is 0 Å². The van der Waals surface area contributed by atoms with Crippen molar-refractivity contribution in [2.75, 3.05) is 11.9 Å². The van der Waals surface area contributed by atoms with Gasteiger partial charge in [-0.2, -0.15) is 0 Å². The SMILES string of the molecule is CC(C)(CCNc1ncc(Cl)cc1[N+](=O)[O-])CCC(=O)O. The third-order valence-corrected chi connectivity index (χ3v) is 3.35. The molecule has 0 aliphatic heterocycles. The highest BCUT2D eigenvalue weighted by Crippen LogP contribution is 2.28. The van der Waals surface area contributed by atoms with Gasteiger partial charge in [-0.25, -0.2) is 4.98 Å². The molecule has 8 heteroatoms. The van der Waals surface area contributed by atoms with Crippen molar-refractivity contribution < 1.29 is 14.8 Å². The normalized spacial score (nSPS) is 11.2. The molecule has 0 saturated heterocycles. The van der Waals surface area contributed by atoms with E-state index in [0.29, 0.717) is 19.4 Å². The Bertz CT molecular complexity index is 534. The van der Waals surface area contributed by atoms with E-state index in [1.165, 1.54) is 12.3 Å². The Morgan fingerprint density at radius 2 is 2.19 bits per heavy atom. The number of rotatable bonds is 8. The summed E-state index contributed by atoms with van der Waals surface area (Å²) in [4.78, 5) is 24.9. The molecule has 1 aromatic rings. The van der Waals surface area contributed by atoms with E-state index in [9.17, 15) is 14.9 Å². The van der Waals surface area contributed by atoms with Crippen LogP contribution in [0.5, 0.6) is 0 Å². The molecule has 0 bridgehead atoms. The Balaban J connectivity index is 2.60. The van der Waals surface area contributed by atoms with Crippen LogP contribution in [0, 0.1) is 15.5 Å². The van der Waals surface area contributed by atoms with Crippen LogP contribution < -0.4 is 5.32 Å². The number of carboxylic acid groups (broad SMARTS) is 1. The molecule has 1 heterocycles. The first-order chi connectivity index (χ1) is 9.71. The van der Waals surface area contributed by atoms with Gasteiger partial charge in [-0.1, -0.05) is 25.4 Å². The van der Waals surface area contributed by atoms with Gasteiger partial charge in [-0.15, -0.1) is 0 Å². The lowest BCUT2D eigenvalue weighted by molar-refractivity contribution is -0.384. The number of hydrogen-bond donors (Lipinski definition) is 2. The summed E-state index contributed by atoms with van der Waals surface area (Å²) < 4.78 is 0. The van der Waals surface area contributed by atoms with E-state index in [4.69, 9.17) is 16.7 Å². The average Bonchev–Trinajstić information content (AvgIpc) is 2.38.